The van der Waals surface area contributed by atoms with Gasteiger partial charge in [0.1, 0.15) is 6.10 Å². The van der Waals surface area contributed by atoms with Crippen LogP contribution in [0.25, 0.3) is 11.1 Å². The molecule has 1 nitrogen and oxygen atoms in total. The van der Waals surface area contributed by atoms with Gasteiger partial charge in [-0.25, -0.2) is 0 Å². The molecule has 0 saturated carbocycles. The van der Waals surface area contributed by atoms with E-state index in [0.29, 0.717) is 0 Å². The summed E-state index contributed by atoms with van der Waals surface area (Å²) < 4.78 is 1.96. The van der Waals surface area contributed by atoms with E-state index in [4.69, 9.17) is 0 Å². The van der Waals surface area contributed by atoms with E-state index < -0.39 is 6.10 Å². The Morgan fingerprint density at radius 2 is 1.75 bits per heavy atom. The van der Waals surface area contributed by atoms with Gasteiger partial charge in [-0.1, -0.05) is 56.1 Å². The lowest BCUT2D eigenvalue weighted by molar-refractivity contribution is 0.224. The summed E-state index contributed by atoms with van der Waals surface area (Å²) >= 11 is 6.98. The van der Waals surface area contributed by atoms with Gasteiger partial charge in [0, 0.05) is 14.5 Å². The van der Waals surface area contributed by atoms with Crippen LogP contribution < -0.4 is 0 Å². The predicted octanol–water partition coefficient (Wildman–Crippen LogP) is 4.27. The Bertz CT molecular complexity index is 578. The van der Waals surface area contributed by atoms with E-state index in [1.807, 2.05) is 30.3 Å². The zero-order valence-electron chi connectivity index (χ0n) is 8.24. The summed E-state index contributed by atoms with van der Waals surface area (Å²) in [6.07, 6.45) is -0.520. The van der Waals surface area contributed by atoms with Crippen LogP contribution in [0, 0.1) is 0 Å². The summed E-state index contributed by atoms with van der Waals surface area (Å²) in [4.78, 5) is 0. The van der Waals surface area contributed by atoms with Crippen molar-refractivity contribution in [2.24, 2.45) is 0 Å². The number of fused-ring (bicyclic) bond motifs is 3. The van der Waals surface area contributed by atoms with Crippen LogP contribution in [0.1, 0.15) is 17.2 Å². The molecule has 3 rings (SSSR count). The number of hydrogen-bond donors (Lipinski definition) is 1. The Morgan fingerprint density at radius 3 is 2.56 bits per heavy atom. The normalized spacial score (nSPS) is 17.1. The SMILES string of the molecule is OC1c2ccccc2-c2cc(Br)cc(Br)c21. The van der Waals surface area contributed by atoms with Gasteiger partial charge in [0.2, 0.25) is 0 Å². The quantitative estimate of drug-likeness (QED) is 0.759. The molecule has 0 radical (unpaired) electrons. The molecule has 80 valence electrons. The molecule has 0 aromatic heterocycles. The molecule has 0 fully saturated rings. The maximum Gasteiger partial charge on any atom is 0.106 e. The van der Waals surface area contributed by atoms with E-state index in [9.17, 15) is 5.11 Å². The van der Waals surface area contributed by atoms with Crippen molar-refractivity contribution in [3.05, 3.63) is 56.5 Å². The third-order valence-corrected chi connectivity index (χ3v) is 4.03. The lowest BCUT2D eigenvalue weighted by atomic mass is 10.1. The van der Waals surface area contributed by atoms with Crippen LogP contribution in [0.15, 0.2) is 45.3 Å². The number of aliphatic hydroxyl groups excluding tert-OH is 1. The predicted molar refractivity (Wildman–Crippen MR) is 71.3 cm³/mol. The van der Waals surface area contributed by atoms with Crippen LogP contribution in [0.4, 0.5) is 0 Å². The zero-order valence-corrected chi connectivity index (χ0v) is 11.4. The minimum atomic E-state index is -0.520. The summed E-state index contributed by atoms with van der Waals surface area (Å²) in [7, 11) is 0. The van der Waals surface area contributed by atoms with Crippen LogP contribution in [0.3, 0.4) is 0 Å². The number of benzene rings is 2. The van der Waals surface area contributed by atoms with E-state index in [2.05, 4.69) is 37.9 Å². The van der Waals surface area contributed by atoms with Crippen molar-refractivity contribution in [1.29, 1.82) is 0 Å². The minimum absolute atomic E-state index is 0.520. The van der Waals surface area contributed by atoms with Gasteiger partial charge < -0.3 is 5.11 Å². The summed E-state index contributed by atoms with van der Waals surface area (Å²) in [5.74, 6) is 0. The lowest BCUT2D eigenvalue weighted by Gasteiger charge is -2.07. The van der Waals surface area contributed by atoms with Crippen molar-refractivity contribution in [1.82, 2.24) is 0 Å². The van der Waals surface area contributed by atoms with Crippen molar-refractivity contribution in [3.8, 4) is 11.1 Å². The van der Waals surface area contributed by atoms with Gasteiger partial charge >= 0.3 is 0 Å². The first-order chi connectivity index (χ1) is 7.68. The highest BCUT2D eigenvalue weighted by Gasteiger charge is 2.28. The van der Waals surface area contributed by atoms with Gasteiger partial charge in [-0.05, 0) is 28.8 Å². The molecule has 1 atom stereocenters. The molecule has 1 N–H and O–H groups in total. The molecule has 0 saturated heterocycles. The second-order valence-electron chi connectivity index (χ2n) is 3.84. The van der Waals surface area contributed by atoms with Gasteiger partial charge in [-0.15, -0.1) is 0 Å². The molecule has 16 heavy (non-hydrogen) atoms. The third kappa shape index (κ3) is 1.39. The molecular formula is C13H8Br2O. The number of rotatable bonds is 0. The van der Waals surface area contributed by atoms with Crippen molar-refractivity contribution in [2.75, 3.05) is 0 Å². The smallest absolute Gasteiger partial charge is 0.106 e. The van der Waals surface area contributed by atoms with Crippen LogP contribution in [-0.4, -0.2) is 5.11 Å². The van der Waals surface area contributed by atoms with Gasteiger partial charge in [0.25, 0.3) is 0 Å². The summed E-state index contributed by atoms with van der Waals surface area (Å²) in [5.41, 5.74) is 4.16. The van der Waals surface area contributed by atoms with Gasteiger partial charge in [-0.2, -0.15) is 0 Å². The molecule has 2 aromatic rings. The zero-order chi connectivity index (χ0) is 11.3. The van der Waals surface area contributed by atoms with Gasteiger partial charge in [0.05, 0.1) is 0 Å². The molecule has 1 aliphatic rings. The molecule has 3 heteroatoms. The van der Waals surface area contributed by atoms with E-state index in [0.717, 1.165) is 31.2 Å². The number of halogens is 2. The number of aliphatic hydroxyl groups is 1. The fraction of sp³-hybridized carbons (Fsp3) is 0.0769. The fourth-order valence-electron chi connectivity index (χ4n) is 2.22. The lowest BCUT2D eigenvalue weighted by Crippen LogP contribution is -1.94. The molecule has 0 amide bonds. The maximum absolute atomic E-state index is 10.3. The molecular weight excluding hydrogens is 332 g/mol. The van der Waals surface area contributed by atoms with E-state index in [1.165, 1.54) is 0 Å². The van der Waals surface area contributed by atoms with Crippen LogP contribution in [0.2, 0.25) is 0 Å². The van der Waals surface area contributed by atoms with Crippen LogP contribution >= 0.6 is 31.9 Å². The largest absolute Gasteiger partial charge is 0.384 e. The molecule has 2 aromatic carbocycles. The highest BCUT2D eigenvalue weighted by atomic mass is 79.9. The first-order valence-electron chi connectivity index (χ1n) is 4.95. The molecule has 1 aliphatic carbocycles. The summed E-state index contributed by atoms with van der Waals surface area (Å²) in [6.45, 7) is 0. The molecule has 0 aliphatic heterocycles. The van der Waals surface area contributed by atoms with Crippen molar-refractivity contribution in [3.63, 3.8) is 0 Å². The second-order valence-corrected chi connectivity index (χ2v) is 5.61. The molecule has 0 heterocycles. The maximum atomic E-state index is 10.3. The molecule has 0 bridgehead atoms. The van der Waals surface area contributed by atoms with Crippen molar-refractivity contribution in [2.45, 2.75) is 6.10 Å². The topological polar surface area (TPSA) is 20.2 Å². The Hall–Kier alpha value is -0.640. The van der Waals surface area contributed by atoms with Crippen LogP contribution in [0.5, 0.6) is 0 Å². The monoisotopic (exact) mass is 338 g/mol. The fourth-order valence-corrected chi connectivity index (χ4v) is 3.66. The Kier molecular flexibility index (Phi) is 2.42. The average Bonchev–Trinajstić information content (AvgIpc) is 2.54. The molecule has 1 unspecified atom stereocenters. The first-order valence-corrected chi connectivity index (χ1v) is 6.53. The Balaban J connectivity index is 2.38. The minimum Gasteiger partial charge on any atom is -0.384 e. The van der Waals surface area contributed by atoms with Crippen LogP contribution in [-0.2, 0) is 0 Å². The van der Waals surface area contributed by atoms with Gasteiger partial charge in [-0.3, -0.25) is 0 Å². The van der Waals surface area contributed by atoms with Crippen molar-refractivity contribution >= 4 is 31.9 Å². The highest BCUT2D eigenvalue weighted by molar-refractivity contribution is 9.11. The van der Waals surface area contributed by atoms with E-state index in [-0.39, 0.29) is 0 Å². The highest BCUT2D eigenvalue weighted by Crippen LogP contribution is 2.47. The third-order valence-electron chi connectivity index (χ3n) is 2.91. The molecule has 0 spiro atoms. The van der Waals surface area contributed by atoms with Gasteiger partial charge in [0.15, 0.2) is 0 Å². The second kappa shape index (κ2) is 3.69. The first kappa shape index (κ1) is 10.5. The average molecular weight is 340 g/mol. The summed E-state index contributed by atoms with van der Waals surface area (Å²) in [5, 5.41) is 10.3. The number of hydrogen-bond acceptors (Lipinski definition) is 1. The Labute approximate surface area is 110 Å². The van der Waals surface area contributed by atoms with E-state index >= 15 is 0 Å². The van der Waals surface area contributed by atoms with Crippen molar-refractivity contribution < 1.29 is 5.11 Å². The standard InChI is InChI=1S/C13H8Br2O/c14-7-5-10-8-3-1-2-4-9(8)13(16)12(10)11(15)6-7/h1-6,13,16H. The Morgan fingerprint density at radius 1 is 1.00 bits per heavy atom. The van der Waals surface area contributed by atoms with E-state index in [1.54, 1.807) is 0 Å². The summed E-state index contributed by atoms with van der Waals surface area (Å²) in [6, 6.07) is 12.0.